The first-order valence-electron chi connectivity index (χ1n) is 6.32. The second-order valence-corrected chi connectivity index (χ2v) is 6.66. The Labute approximate surface area is 121 Å². The van der Waals surface area contributed by atoms with Crippen LogP contribution in [0.4, 0.5) is 0 Å². The van der Waals surface area contributed by atoms with Gasteiger partial charge in [0.15, 0.2) is 4.90 Å². The van der Waals surface area contributed by atoms with E-state index in [1.807, 2.05) is 6.92 Å². The number of hydrogen-bond donors (Lipinski definition) is 0. The molecule has 0 saturated heterocycles. The zero-order valence-corrected chi connectivity index (χ0v) is 12.1. The van der Waals surface area contributed by atoms with Crippen LogP contribution in [0.2, 0.25) is 0 Å². The van der Waals surface area contributed by atoms with Crippen LogP contribution in [0.3, 0.4) is 0 Å². The minimum absolute atomic E-state index is 0.0793. The lowest BCUT2D eigenvalue weighted by atomic mass is 10.2. The van der Waals surface area contributed by atoms with Gasteiger partial charge in [-0.2, -0.15) is 0 Å². The van der Waals surface area contributed by atoms with Gasteiger partial charge in [-0.15, -0.1) is 0 Å². The highest BCUT2D eigenvalue weighted by Gasteiger charge is 2.23. The molecule has 0 bridgehead atoms. The molecule has 0 atom stereocenters. The molecule has 3 rings (SSSR count). The van der Waals surface area contributed by atoms with E-state index in [9.17, 15) is 13.2 Å². The van der Waals surface area contributed by atoms with Crippen molar-refractivity contribution in [2.45, 2.75) is 16.7 Å². The summed E-state index contributed by atoms with van der Waals surface area (Å²) in [6, 6.07) is 12.9. The third-order valence-electron chi connectivity index (χ3n) is 3.27. The standard InChI is InChI=1S/C16H12O4S/c1-11-6-8-12(9-7-11)21(18,19)15-10-20-14-5-3-2-4-13(14)16(15)17/h2-10H,1H3. The van der Waals surface area contributed by atoms with E-state index in [0.717, 1.165) is 11.8 Å². The Morgan fingerprint density at radius 3 is 2.33 bits per heavy atom. The summed E-state index contributed by atoms with van der Waals surface area (Å²) >= 11 is 0. The number of aryl methyl sites for hydroxylation is 1. The fourth-order valence-electron chi connectivity index (χ4n) is 2.09. The summed E-state index contributed by atoms with van der Waals surface area (Å²) in [6.07, 6.45) is 1.01. The van der Waals surface area contributed by atoms with Crippen molar-refractivity contribution in [3.8, 4) is 0 Å². The number of benzene rings is 2. The Bertz CT molecular complexity index is 967. The summed E-state index contributed by atoms with van der Waals surface area (Å²) in [5, 5.41) is 0.255. The van der Waals surface area contributed by atoms with Gasteiger partial charge in [-0.25, -0.2) is 8.42 Å². The molecular formula is C16H12O4S. The normalized spacial score (nSPS) is 11.7. The summed E-state index contributed by atoms with van der Waals surface area (Å²) in [7, 11) is -3.88. The van der Waals surface area contributed by atoms with Gasteiger partial charge in [0.2, 0.25) is 15.3 Å². The highest BCUT2D eigenvalue weighted by Crippen LogP contribution is 2.21. The lowest BCUT2D eigenvalue weighted by Crippen LogP contribution is -2.15. The molecule has 0 aliphatic rings. The van der Waals surface area contributed by atoms with E-state index in [1.165, 1.54) is 12.1 Å². The summed E-state index contributed by atoms with van der Waals surface area (Å²) in [4.78, 5) is 12.1. The van der Waals surface area contributed by atoms with Gasteiger partial charge in [0, 0.05) is 0 Å². The molecule has 0 spiro atoms. The van der Waals surface area contributed by atoms with Gasteiger partial charge in [-0.05, 0) is 31.2 Å². The zero-order chi connectivity index (χ0) is 15.0. The average Bonchev–Trinajstić information content (AvgIpc) is 2.48. The Kier molecular flexibility index (Phi) is 3.14. The first kappa shape index (κ1) is 13.6. The first-order valence-corrected chi connectivity index (χ1v) is 7.81. The van der Waals surface area contributed by atoms with Crippen LogP contribution in [0.1, 0.15) is 5.56 Å². The van der Waals surface area contributed by atoms with Crippen LogP contribution in [-0.4, -0.2) is 8.42 Å². The molecule has 0 saturated carbocycles. The second kappa shape index (κ2) is 4.86. The lowest BCUT2D eigenvalue weighted by molar-refractivity contribution is 0.566. The third-order valence-corrected chi connectivity index (χ3v) is 5.02. The molecule has 21 heavy (non-hydrogen) atoms. The van der Waals surface area contributed by atoms with Crippen LogP contribution in [0.25, 0.3) is 11.0 Å². The molecule has 106 valence electrons. The van der Waals surface area contributed by atoms with Crippen molar-refractivity contribution in [1.29, 1.82) is 0 Å². The minimum Gasteiger partial charge on any atom is -0.463 e. The van der Waals surface area contributed by atoms with Crippen molar-refractivity contribution in [1.82, 2.24) is 0 Å². The Morgan fingerprint density at radius 1 is 0.952 bits per heavy atom. The fraction of sp³-hybridized carbons (Fsp3) is 0.0625. The maximum Gasteiger partial charge on any atom is 0.213 e. The molecule has 3 aromatic rings. The summed E-state index contributed by atoms with van der Waals surface area (Å²) in [5.74, 6) is 0. The fourth-order valence-corrected chi connectivity index (χ4v) is 3.37. The maximum absolute atomic E-state index is 12.5. The molecule has 0 aliphatic heterocycles. The molecular weight excluding hydrogens is 288 g/mol. The number of para-hydroxylation sites is 1. The topological polar surface area (TPSA) is 64.3 Å². The van der Waals surface area contributed by atoms with Gasteiger partial charge in [-0.1, -0.05) is 29.8 Å². The second-order valence-electron chi connectivity index (χ2n) is 4.74. The van der Waals surface area contributed by atoms with Crippen LogP contribution in [0.15, 0.2) is 73.8 Å². The van der Waals surface area contributed by atoms with Gasteiger partial charge < -0.3 is 4.42 Å². The quantitative estimate of drug-likeness (QED) is 0.730. The molecule has 2 aromatic carbocycles. The first-order chi connectivity index (χ1) is 10.00. The van der Waals surface area contributed by atoms with E-state index in [1.54, 1.807) is 36.4 Å². The van der Waals surface area contributed by atoms with E-state index in [2.05, 4.69) is 0 Å². The smallest absolute Gasteiger partial charge is 0.213 e. The van der Waals surface area contributed by atoms with E-state index < -0.39 is 15.3 Å². The summed E-state index contributed by atoms with van der Waals surface area (Å²) in [5.41, 5.74) is 0.766. The molecule has 0 fully saturated rings. The van der Waals surface area contributed by atoms with Crippen molar-refractivity contribution < 1.29 is 12.8 Å². The molecule has 1 aromatic heterocycles. The third kappa shape index (κ3) is 2.25. The van der Waals surface area contributed by atoms with Gasteiger partial charge in [0.1, 0.15) is 11.8 Å². The van der Waals surface area contributed by atoms with Crippen LogP contribution >= 0.6 is 0 Å². The maximum atomic E-state index is 12.5. The van der Waals surface area contributed by atoms with Gasteiger partial charge in [0.25, 0.3) is 0 Å². The Hall–Kier alpha value is -2.40. The van der Waals surface area contributed by atoms with Crippen LogP contribution < -0.4 is 5.43 Å². The Balaban J connectivity index is 2.27. The molecule has 0 unspecified atom stereocenters. The van der Waals surface area contributed by atoms with Crippen LogP contribution in [-0.2, 0) is 9.84 Å². The number of rotatable bonds is 2. The van der Waals surface area contributed by atoms with Crippen molar-refractivity contribution >= 4 is 20.8 Å². The Morgan fingerprint density at radius 2 is 1.62 bits per heavy atom. The highest BCUT2D eigenvalue weighted by atomic mass is 32.2. The molecule has 5 heteroatoms. The number of sulfone groups is 1. The van der Waals surface area contributed by atoms with E-state index >= 15 is 0 Å². The summed E-state index contributed by atoms with van der Waals surface area (Å²) in [6.45, 7) is 1.86. The molecule has 4 nitrogen and oxygen atoms in total. The molecule has 0 amide bonds. The molecule has 0 N–H and O–H groups in total. The van der Waals surface area contributed by atoms with Gasteiger partial charge in [0.05, 0.1) is 10.3 Å². The van der Waals surface area contributed by atoms with Crippen LogP contribution in [0.5, 0.6) is 0 Å². The van der Waals surface area contributed by atoms with Gasteiger partial charge >= 0.3 is 0 Å². The average molecular weight is 300 g/mol. The molecule has 0 aliphatic carbocycles. The minimum atomic E-state index is -3.88. The SMILES string of the molecule is Cc1ccc(S(=O)(=O)c2coc3ccccc3c2=O)cc1. The van der Waals surface area contributed by atoms with E-state index in [-0.39, 0.29) is 15.2 Å². The van der Waals surface area contributed by atoms with Crippen molar-refractivity contribution in [3.05, 3.63) is 70.6 Å². The molecule has 0 radical (unpaired) electrons. The van der Waals surface area contributed by atoms with E-state index in [4.69, 9.17) is 4.42 Å². The summed E-state index contributed by atoms with van der Waals surface area (Å²) < 4.78 is 30.4. The predicted octanol–water partition coefficient (Wildman–Crippen LogP) is 2.93. The monoisotopic (exact) mass is 300 g/mol. The van der Waals surface area contributed by atoms with Crippen molar-refractivity contribution in [2.75, 3.05) is 0 Å². The largest absolute Gasteiger partial charge is 0.463 e. The van der Waals surface area contributed by atoms with Crippen LogP contribution in [0, 0.1) is 6.92 Å². The van der Waals surface area contributed by atoms with Crippen molar-refractivity contribution in [3.63, 3.8) is 0 Å². The van der Waals surface area contributed by atoms with Gasteiger partial charge in [-0.3, -0.25) is 4.79 Å². The highest BCUT2D eigenvalue weighted by molar-refractivity contribution is 7.91. The zero-order valence-electron chi connectivity index (χ0n) is 11.2. The van der Waals surface area contributed by atoms with Crippen molar-refractivity contribution in [2.24, 2.45) is 0 Å². The number of fused-ring (bicyclic) bond motifs is 1. The number of hydrogen-bond acceptors (Lipinski definition) is 4. The lowest BCUT2D eigenvalue weighted by Gasteiger charge is -2.05. The molecule has 1 heterocycles. The van der Waals surface area contributed by atoms with E-state index in [0.29, 0.717) is 5.58 Å². The predicted molar refractivity (Wildman–Crippen MR) is 79.1 cm³/mol.